The summed E-state index contributed by atoms with van der Waals surface area (Å²) in [5.41, 5.74) is 5.08. The van der Waals surface area contributed by atoms with Gasteiger partial charge in [0.05, 0.1) is 5.56 Å². The van der Waals surface area contributed by atoms with Gasteiger partial charge in [-0.15, -0.1) is 0 Å². The Bertz CT molecular complexity index is 610. The van der Waals surface area contributed by atoms with Gasteiger partial charge in [0, 0.05) is 7.05 Å². The minimum atomic E-state index is -4.49. The lowest BCUT2D eigenvalue weighted by Gasteiger charge is -2.15. The number of aromatic nitrogens is 3. The molecule has 0 saturated heterocycles. The molecule has 0 saturated carbocycles. The van der Waals surface area contributed by atoms with E-state index in [1.54, 1.807) is 13.1 Å². The number of ether oxygens (including phenoxy) is 1. The SMILES string of the molecule is Cn1ncnc1COc1ccc(CCN)cc1C(F)(F)F. The minimum Gasteiger partial charge on any atom is -0.485 e. The Hall–Kier alpha value is -2.09. The highest BCUT2D eigenvalue weighted by molar-refractivity contribution is 5.39. The molecule has 0 fully saturated rings. The first-order chi connectivity index (χ1) is 9.91. The molecule has 0 amide bonds. The van der Waals surface area contributed by atoms with Crippen molar-refractivity contribution in [1.29, 1.82) is 0 Å². The summed E-state index contributed by atoms with van der Waals surface area (Å²) in [6.45, 7) is 0.201. The van der Waals surface area contributed by atoms with Crippen LogP contribution >= 0.6 is 0 Å². The molecule has 0 aliphatic rings. The van der Waals surface area contributed by atoms with E-state index in [-0.39, 0.29) is 18.9 Å². The first-order valence-electron chi connectivity index (χ1n) is 6.27. The lowest BCUT2D eigenvalue weighted by Crippen LogP contribution is -2.12. The zero-order valence-electron chi connectivity index (χ0n) is 11.4. The van der Waals surface area contributed by atoms with Crippen molar-refractivity contribution in [2.24, 2.45) is 12.8 Å². The van der Waals surface area contributed by atoms with Crippen molar-refractivity contribution >= 4 is 0 Å². The van der Waals surface area contributed by atoms with Crippen molar-refractivity contribution in [2.75, 3.05) is 6.54 Å². The number of aryl methyl sites for hydroxylation is 1. The van der Waals surface area contributed by atoms with Gasteiger partial charge < -0.3 is 10.5 Å². The number of rotatable bonds is 5. The van der Waals surface area contributed by atoms with Gasteiger partial charge in [0.15, 0.2) is 5.82 Å². The van der Waals surface area contributed by atoms with Crippen LogP contribution in [0.4, 0.5) is 13.2 Å². The van der Waals surface area contributed by atoms with E-state index in [4.69, 9.17) is 10.5 Å². The van der Waals surface area contributed by atoms with Gasteiger partial charge >= 0.3 is 6.18 Å². The van der Waals surface area contributed by atoms with E-state index in [1.165, 1.54) is 17.1 Å². The lowest BCUT2D eigenvalue weighted by atomic mass is 10.1. The van der Waals surface area contributed by atoms with Crippen molar-refractivity contribution < 1.29 is 17.9 Å². The molecule has 114 valence electrons. The Morgan fingerprint density at radius 2 is 2.10 bits per heavy atom. The van der Waals surface area contributed by atoms with Gasteiger partial charge in [-0.25, -0.2) is 4.98 Å². The predicted octanol–water partition coefficient (Wildman–Crippen LogP) is 1.91. The van der Waals surface area contributed by atoms with Crippen molar-refractivity contribution in [2.45, 2.75) is 19.2 Å². The first kappa shape index (κ1) is 15.3. The van der Waals surface area contributed by atoms with Crippen LogP contribution in [0.15, 0.2) is 24.5 Å². The number of hydrogen-bond acceptors (Lipinski definition) is 4. The zero-order chi connectivity index (χ0) is 15.5. The largest absolute Gasteiger partial charge is 0.485 e. The Labute approximate surface area is 119 Å². The van der Waals surface area contributed by atoms with Gasteiger partial charge in [0.25, 0.3) is 0 Å². The molecular formula is C13H15F3N4O. The summed E-state index contributed by atoms with van der Waals surface area (Å²) in [5.74, 6) is 0.209. The molecule has 0 radical (unpaired) electrons. The van der Waals surface area contributed by atoms with Crippen LogP contribution in [0.2, 0.25) is 0 Å². The van der Waals surface area contributed by atoms with E-state index in [1.807, 2.05) is 0 Å². The van der Waals surface area contributed by atoms with Crippen molar-refractivity contribution in [3.05, 3.63) is 41.5 Å². The highest BCUT2D eigenvalue weighted by Crippen LogP contribution is 2.37. The molecule has 5 nitrogen and oxygen atoms in total. The highest BCUT2D eigenvalue weighted by atomic mass is 19.4. The molecule has 1 aromatic heterocycles. The second-order valence-corrected chi connectivity index (χ2v) is 4.46. The van der Waals surface area contributed by atoms with Crippen LogP contribution in [0.1, 0.15) is 17.0 Å². The molecule has 2 aromatic rings. The van der Waals surface area contributed by atoms with Gasteiger partial charge in [-0.3, -0.25) is 4.68 Å². The summed E-state index contributed by atoms with van der Waals surface area (Å²) in [4.78, 5) is 3.90. The number of halogens is 3. The Morgan fingerprint density at radius 3 is 2.67 bits per heavy atom. The van der Waals surface area contributed by atoms with Crippen molar-refractivity contribution in [1.82, 2.24) is 14.8 Å². The lowest BCUT2D eigenvalue weighted by molar-refractivity contribution is -0.139. The maximum atomic E-state index is 13.1. The number of nitrogens with two attached hydrogens (primary N) is 1. The Kier molecular flexibility index (Phi) is 4.46. The molecule has 8 heteroatoms. The fraction of sp³-hybridized carbons (Fsp3) is 0.385. The maximum Gasteiger partial charge on any atom is 0.419 e. The summed E-state index contributed by atoms with van der Waals surface area (Å²) < 4.78 is 45.9. The molecule has 2 N–H and O–H groups in total. The smallest absolute Gasteiger partial charge is 0.419 e. The average molecular weight is 300 g/mol. The van der Waals surface area contributed by atoms with E-state index in [9.17, 15) is 13.2 Å². The normalized spacial score (nSPS) is 11.7. The molecular weight excluding hydrogens is 285 g/mol. The van der Waals surface area contributed by atoms with Crippen LogP contribution in [-0.4, -0.2) is 21.3 Å². The van der Waals surface area contributed by atoms with Gasteiger partial charge in [-0.1, -0.05) is 6.07 Å². The third kappa shape index (κ3) is 3.72. The molecule has 2 rings (SSSR count). The van der Waals surface area contributed by atoms with E-state index >= 15 is 0 Å². The van der Waals surface area contributed by atoms with Gasteiger partial charge in [-0.2, -0.15) is 18.3 Å². The van der Waals surface area contributed by atoms with E-state index in [0.717, 1.165) is 6.07 Å². The first-order valence-corrected chi connectivity index (χ1v) is 6.27. The molecule has 0 bridgehead atoms. The third-order valence-corrected chi connectivity index (χ3v) is 2.94. The fourth-order valence-corrected chi connectivity index (χ4v) is 1.84. The molecule has 1 heterocycles. The number of alkyl halides is 3. The summed E-state index contributed by atoms with van der Waals surface area (Å²) in [5, 5.41) is 3.83. The topological polar surface area (TPSA) is 66.0 Å². The molecule has 1 aromatic carbocycles. The Balaban J connectivity index is 2.23. The van der Waals surface area contributed by atoms with Crippen LogP contribution in [0, 0.1) is 0 Å². The molecule has 0 spiro atoms. The van der Waals surface area contributed by atoms with Crippen molar-refractivity contribution in [3.63, 3.8) is 0 Å². The quantitative estimate of drug-likeness (QED) is 0.916. The third-order valence-electron chi connectivity index (χ3n) is 2.94. The van der Waals surface area contributed by atoms with Gasteiger partial charge in [0.2, 0.25) is 0 Å². The van der Waals surface area contributed by atoms with Gasteiger partial charge in [-0.05, 0) is 30.7 Å². The van der Waals surface area contributed by atoms with Crippen LogP contribution < -0.4 is 10.5 Å². The van der Waals surface area contributed by atoms with Crippen LogP contribution in [0.5, 0.6) is 5.75 Å². The number of nitrogens with zero attached hydrogens (tertiary/aromatic N) is 3. The summed E-state index contributed by atoms with van der Waals surface area (Å²) in [6.07, 6.45) is -2.79. The second kappa shape index (κ2) is 6.13. The summed E-state index contributed by atoms with van der Waals surface area (Å²) in [6, 6.07) is 3.96. The minimum absolute atomic E-state index is 0.0875. The number of hydrogen-bond donors (Lipinski definition) is 1. The highest BCUT2D eigenvalue weighted by Gasteiger charge is 2.34. The van der Waals surface area contributed by atoms with Crippen molar-refractivity contribution in [3.8, 4) is 5.75 Å². The predicted molar refractivity (Wildman–Crippen MR) is 69.5 cm³/mol. The molecule has 0 aliphatic heterocycles. The van der Waals surface area contributed by atoms with Crippen LogP contribution in [-0.2, 0) is 26.3 Å². The van der Waals surface area contributed by atoms with E-state index in [2.05, 4.69) is 10.1 Å². The molecule has 21 heavy (non-hydrogen) atoms. The second-order valence-electron chi connectivity index (χ2n) is 4.46. The summed E-state index contributed by atoms with van der Waals surface area (Å²) >= 11 is 0. The maximum absolute atomic E-state index is 13.1. The zero-order valence-corrected chi connectivity index (χ0v) is 11.4. The summed E-state index contributed by atoms with van der Waals surface area (Å²) in [7, 11) is 1.64. The molecule has 0 unspecified atom stereocenters. The monoisotopic (exact) mass is 300 g/mol. The van der Waals surface area contributed by atoms with E-state index in [0.29, 0.717) is 17.8 Å². The molecule has 0 atom stereocenters. The number of benzene rings is 1. The average Bonchev–Trinajstić information content (AvgIpc) is 2.82. The van der Waals surface area contributed by atoms with E-state index < -0.39 is 11.7 Å². The fourth-order valence-electron chi connectivity index (χ4n) is 1.84. The van der Waals surface area contributed by atoms with Crippen LogP contribution in [0.25, 0.3) is 0 Å². The van der Waals surface area contributed by atoms with Gasteiger partial charge in [0.1, 0.15) is 18.7 Å². The Morgan fingerprint density at radius 1 is 1.33 bits per heavy atom. The standard InChI is InChI=1S/C13H15F3N4O/c1-20-12(18-8-19-20)7-21-11-3-2-9(4-5-17)6-10(11)13(14,15)16/h2-3,6,8H,4-5,7,17H2,1H3. The van der Waals surface area contributed by atoms with Crippen LogP contribution in [0.3, 0.4) is 0 Å². The molecule has 0 aliphatic carbocycles.